The van der Waals surface area contributed by atoms with Gasteiger partial charge in [0.1, 0.15) is 29.4 Å². The Morgan fingerprint density at radius 2 is 1.91 bits per heavy atom. The summed E-state index contributed by atoms with van der Waals surface area (Å²) in [5.74, 6) is -1.24. The van der Waals surface area contributed by atoms with Gasteiger partial charge in [-0.25, -0.2) is 9.37 Å². The van der Waals surface area contributed by atoms with Crippen LogP contribution in [0, 0.1) is 5.82 Å². The normalized spacial score (nSPS) is 18.3. The summed E-state index contributed by atoms with van der Waals surface area (Å²) in [4.78, 5) is 26.0. The van der Waals surface area contributed by atoms with Crippen LogP contribution in [0.15, 0.2) is 54.7 Å². The minimum atomic E-state index is -1.31. The number of aliphatic hydroxyl groups excluding tert-OH is 1. The first-order valence-electron chi connectivity index (χ1n) is 16.0. The summed E-state index contributed by atoms with van der Waals surface area (Å²) in [7, 11) is 0. The molecule has 9 nitrogen and oxygen atoms in total. The number of amides is 1. The molecule has 3 aliphatic rings. The van der Waals surface area contributed by atoms with Gasteiger partial charge in [-0.1, -0.05) is 18.2 Å². The van der Waals surface area contributed by atoms with Crippen molar-refractivity contribution in [3.63, 3.8) is 0 Å². The van der Waals surface area contributed by atoms with Crippen molar-refractivity contribution in [1.82, 2.24) is 14.9 Å². The molecule has 46 heavy (non-hydrogen) atoms. The van der Waals surface area contributed by atoms with E-state index in [4.69, 9.17) is 9.47 Å². The number of fused-ring (bicyclic) bond motifs is 2. The number of nitrogens with one attached hydrogen (secondary N) is 1. The molecule has 0 saturated carbocycles. The molecule has 1 fully saturated rings. The largest absolute Gasteiger partial charge is 0.491 e. The summed E-state index contributed by atoms with van der Waals surface area (Å²) in [6.07, 6.45) is 7.14. The molecule has 240 valence electrons. The van der Waals surface area contributed by atoms with Crippen LogP contribution in [0.5, 0.6) is 5.75 Å². The molecule has 0 unspecified atom stereocenters. The lowest BCUT2D eigenvalue weighted by Crippen LogP contribution is -2.41. The van der Waals surface area contributed by atoms with Crippen molar-refractivity contribution in [2.75, 3.05) is 44.4 Å². The lowest BCUT2D eigenvalue weighted by molar-refractivity contribution is 0.0378. The second kappa shape index (κ2) is 12.3. The van der Waals surface area contributed by atoms with Crippen molar-refractivity contribution < 1.29 is 28.9 Å². The molecule has 7 rings (SSSR count). The zero-order valence-corrected chi connectivity index (χ0v) is 26.2. The fourth-order valence-corrected chi connectivity index (χ4v) is 6.96. The van der Waals surface area contributed by atoms with Gasteiger partial charge in [0.15, 0.2) is 0 Å². The minimum Gasteiger partial charge on any atom is -0.491 e. The molecular weight excluding hydrogens is 587 g/mol. The number of aliphatic hydroxyl groups is 2. The van der Waals surface area contributed by atoms with Gasteiger partial charge < -0.3 is 29.6 Å². The van der Waals surface area contributed by atoms with Gasteiger partial charge >= 0.3 is 0 Å². The highest BCUT2D eigenvalue weighted by atomic mass is 19.1. The van der Waals surface area contributed by atoms with E-state index >= 15 is 4.39 Å². The molecule has 0 aliphatic carbocycles. The average Bonchev–Trinajstić information content (AvgIpc) is 3.43. The first kappa shape index (κ1) is 30.6. The van der Waals surface area contributed by atoms with Crippen LogP contribution in [-0.4, -0.2) is 76.5 Å². The Bertz CT molecular complexity index is 1820. The monoisotopic (exact) mass is 626 g/mol. The third-order valence-corrected chi connectivity index (χ3v) is 9.51. The maximum Gasteiger partial charge on any atom is 0.265 e. The molecule has 2 aromatic heterocycles. The summed E-state index contributed by atoms with van der Waals surface area (Å²) < 4.78 is 26.8. The van der Waals surface area contributed by atoms with E-state index in [2.05, 4.69) is 27.0 Å². The predicted molar refractivity (Wildman–Crippen MR) is 174 cm³/mol. The highest BCUT2D eigenvalue weighted by Gasteiger charge is 2.32. The van der Waals surface area contributed by atoms with Gasteiger partial charge in [-0.15, -0.1) is 0 Å². The quantitative estimate of drug-likeness (QED) is 0.263. The molecule has 3 N–H and O–H groups in total. The molecule has 2 aromatic carbocycles. The van der Waals surface area contributed by atoms with Crippen molar-refractivity contribution in [2.24, 2.45) is 0 Å². The Balaban J connectivity index is 1.22. The van der Waals surface area contributed by atoms with Crippen LogP contribution in [0.2, 0.25) is 0 Å². The van der Waals surface area contributed by atoms with E-state index in [1.807, 2.05) is 18.2 Å². The number of aromatic amines is 1. The van der Waals surface area contributed by atoms with Crippen LogP contribution in [0.25, 0.3) is 27.7 Å². The average molecular weight is 627 g/mol. The van der Waals surface area contributed by atoms with Crippen LogP contribution >= 0.6 is 0 Å². The van der Waals surface area contributed by atoms with E-state index in [0.717, 1.165) is 73.4 Å². The molecule has 4 aromatic rings. The lowest BCUT2D eigenvalue weighted by atomic mass is 9.95. The van der Waals surface area contributed by atoms with E-state index in [1.165, 1.54) is 22.6 Å². The number of nitrogens with zero attached hydrogens (tertiary/aromatic N) is 3. The van der Waals surface area contributed by atoms with Crippen molar-refractivity contribution >= 4 is 28.2 Å². The maximum atomic E-state index is 15.4. The zero-order valence-electron chi connectivity index (χ0n) is 26.2. The Labute approximate surface area is 267 Å². The molecule has 3 aliphatic heterocycles. The molecule has 5 heterocycles. The van der Waals surface area contributed by atoms with Gasteiger partial charge in [-0.3, -0.25) is 9.69 Å². The highest BCUT2D eigenvalue weighted by molar-refractivity contribution is 6.09. The third-order valence-electron chi connectivity index (χ3n) is 9.51. The molecular formula is C36H39FN4O5. The van der Waals surface area contributed by atoms with Crippen LogP contribution in [-0.2, 0) is 16.9 Å². The second-order valence-corrected chi connectivity index (χ2v) is 12.8. The predicted octanol–water partition coefficient (Wildman–Crippen LogP) is 5.40. The number of carbonyl (C=O) groups is 1. The van der Waals surface area contributed by atoms with E-state index in [0.29, 0.717) is 22.9 Å². The number of hydrogen-bond donors (Lipinski definition) is 3. The Hall–Kier alpha value is -4.09. The van der Waals surface area contributed by atoms with Gasteiger partial charge in [0.05, 0.1) is 24.4 Å². The molecule has 0 atom stereocenters. The number of anilines is 1. The van der Waals surface area contributed by atoms with Crippen molar-refractivity contribution in [1.29, 1.82) is 0 Å². The summed E-state index contributed by atoms with van der Waals surface area (Å²) in [6, 6.07) is 12.8. The smallest absolute Gasteiger partial charge is 0.265 e. The number of H-pyrrole nitrogens is 1. The Morgan fingerprint density at radius 1 is 1.09 bits per heavy atom. The van der Waals surface area contributed by atoms with Crippen molar-refractivity contribution in [3.8, 4) is 16.9 Å². The third kappa shape index (κ3) is 5.60. The fraction of sp³-hybridized carbons (Fsp3) is 0.389. The molecule has 1 amide bonds. The summed E-state index contributed by atoms with van der Waals surface area (Å²) >= 11 is 0. The van der Waals surface area contributed by atoms with E-state index in [1.54, 1.807) is 26.1 Å². The van der Waals surface area contributed by atoms with E-state index in [-0.39, 0.29) is 31.1 Å². The SMILES string of the molecule is CC(C)(O)c1cc(F)c2c(c1)OCCN(c1cccc(-c3ccnc4[nH]c(C5=CCN(C6CCOCC6)CC5)cc34)c1CO)C2=O. The number of benzene rings is 2. The Kier molecular flexibility index (Phi) is 8.14. The summed E-state index contributed by atoms with van der Waals surface area (Å²) in [6.45, 7) is 6.60. The number of rotatable bonds is 6. The van der Waals surface area contributed by atoms with Crippen LogP contribution in [0.3, 0.4) is 0 Å². The number of pyridine rings is 1. The van der Waals surface area contributed by atoms with E-state index < -0.39 is 17.3 Å². The highest BCUT2D eigenvalue weighted by Crippen LogP contribution is 2.39. The van der Waals surface area contributed by atoms with Gasteiger partial charge in [-0.2, -0.15) is 0 Å². The summed E-state index contributed by atoms with van der Waals surface area (Å²) in [5, 5.41) is 22.1. The number of hydrogen-bond acceptors (Lipinski definition) is 7. The minimum absolute atomic E-state index is 0.0925. The molecule has 10 heteroatoms. The first-order chi connectivity index (χ1) is 22.2. The van der Waals surface area contributed by atoms with Gasteiger partial charge in [-0.05, 0) is 85.7 Å². The van der Waals surface area contributed by atoms with Gasteiger partial charge in [0.25, 0.3) is 5.91 Å². The van der Waals surface area contributed by atoms with Gasteiger partial charge in [0, 0.05) is 55.2 Å². The van der Waals surface area contributed by atoms with Crippen molar-refractivity contribution in [2.45, 2.75) is 51.4 Å². The fourth-order valence-electron chi connectivity index (χ4n) is 6.96. The van der Waals surface area contributed by atoms with Crippen LogP contribution in [0.4, 0.5) is 10.1 Å². The topological polar surface area (TPSA) is 111 Å². The zero-order chi connectivity index (χ0) is 32.0. The van der Waals surface area contributed by atoms with Crippen LogP contribution < -0.4 is 9.64 Å². The second-order valence-electron chi connectivity index (χ2n) is 12.8. The lowest BCUT2D eigenvalue weighted by Gasteiger charge is -2.36. The maximum absolute atomic E-state index is 15.4. The van der Waals surface area contributed by atoms with Crippen molar-refractivity contribution in [3.05, 3.63) is 82.9 Å². The number of halogens is 1. The Morgan fingerprint density at radius 3 is 2.65 bits per heavy atom. The standard InChI is InChI=1S/C36H39FN4O5/c1-36(2,44)23-18-29(37)33-32(19-23)46-17-14-41(35(33)43)31-5-3-4-25(28(31)21-42)26-6-11-38-34-27(26)20-30(39-34)22-7-12-40(13-8-22)24-9-15-45-16-10-24/h3-7,11,18-20,24,42,44H,8-10,12-17,21H2,1-2H3,(H,38,39). The van der Waals surface area contributed by atoms with Crippen LogP contribution in [0.1, 0.15) is 60.3 Å². The molecule has 0 bridgehead atoms. The molecule has 1 saturated heterocycles. The molecule has 0 spiro atoms. The number of carbonyl (C=O) groups excluding carboxylic acids is 1. The number of aromatic nitrogens is 2. The summed E-state index contributed by atoms with van der Waals surface area (Å²) in [5.41, 5.74) is 4.51. The first-order valence-corrected chi connectivity index (χ1v) is 16.0. The van der Waals surface area contributed by atoms with E-state index in [9.17, 15) is 15.0 Å². The van der Waals surface area contributed by atoms with Gasteiger partial charge in [0.2, 0.25) is 0 Å². The molecule has 0 radical (unpaired) electrons. The number of ether oxygens (including phenoxy) is 2.